The lowest BCUT2D eigenvalue weighted by molar-refractivity contribution is 0.214. The number of nitrogens with zero attached hydrogens (tertiary/aromatic N) is 1. The van der Waals surface area contributed by atoms with Crippen LogP contribution in [0.5, 0.6) is 0 Å². The number of aromatic nitrogens is 1. The maximum absolute atomic E-state index is 13.2. The van der Waals surface area contributed by atoms with E-state index in [1.807, 2.05) is 0 Å². The second-order valence-electron chi connectivity index (χ2n) is 3.87. The van der Waals surface area contributed by atoms with Crippen molar-refractivity contribution in [2.45, 2.75) is 13.0 Å². The summed E-state index contributed by atoms with van der Waals surface area (Å²) in [5, 5.41) is 10.1. The first-order chi connectivity index (χ1) is 8.06. The summed E-state index contributed by atoms with van der Waals surface area (Å²) in [6.07, 6.45) is 0.697. The Morgan fingerprint density at radius 3 is 2.65 bits per heavy atom. The molecule has 1 atom stereocenters. The van der Waals surface area contributed by atoms with Crippen LogP contribution in [0.15, 0.2) is 41.0 Å². The highest BCUT2D eigenvalue weighted by molar-refractivity contribution is 9.10. The van der Waals surface area contributed by atoms with Crippen molar-refractivity contribution < 1.29 is 9.50 Å². The van der Waals surface area contributed by atoms with E-state index in [0.29, 0.717) is 11.3 Å². The van der Waals surface area contributed by atoms with Gasteiger partial charge in [-0.3, -0.25) is 4.98 Å². The van der Waals surface area contributed by atoms with Gasteiger partial charge in [0, 0.05) is 10.7 Å². The number of pyridine rings is 1. The quantitative estimate of drug-likeness (QED) is 0.921. The highest BCUT2D eigenvalue weighted by Gasteiger charge is 2.13. The fraction of sp³-hybridized carbons (Fsp3) is 0.154. The van der Waals surface area contributed by atoms with Gasteiger partial charge in [-0.1, -0.05) is 6.07 Å². The number of hydrogen-bond donors (Lipinski definition) is 1. The van der Waals surface area contributed by atoms with Gasteiger partial charge in [-0.25, -0.2) is 4.39 Å². The molecule has 1 heterocycles. The summed E-state index contributed by atoms with van der Waals surface area (Å²) in [7, 11) is 0. The Bertz CT molecular complexity index is 507. The van der Waals surface area contributed by atoms with E-state index >= 15 is 0 Å². The van der Waals surface area contributed by atoms with Crippen molar-refractivity contribution in [1.29, 1.82) is 0 Å². The summed E-state index contributed by atoms with van der Waals surface area (Å²) >= 11 is 3.27. The molecule has 0 aliphatic rings. The van der Waals surface area contributed by atoms with Crippen molar-refractivity contribution in [1.82, 2.24) is 4.98 Å². The lowest BCUT2D eigenvalue weighted by Crippen LogP contribution is -2.03. The largest absolute Gasteiger partial charge is 0.382 e. The Morgan fingerprint density at radius 2 is 2.06 bits per heavy atom. The van der Waals surface area contributed by atoms with Crippen LogP contribution in [0.25, 0.3) is 0 Å². The minimum absolute atomic E-state index is 0.351. The highest BCUT2D eigenvalue weighted by atomic mass is 79.9. The number of benzene rings is 1. The summed E-state index contributed by atoms with van der Waals surface area (Å²) in [6.45, 7) is 1.79. The number of aliphatic hydroxyl groups is 1. The molecule has 0 aliphatic carbocycles. The minimum atomic E-state index is -0.905. The third kappa shape index (κ3) is 2.90. The Hall–Kier alpha value is -1.26. The van der Waals surface area contributed by atoms with Gasteiger partial charge in [0.1, 0.15) is 11.9 Å². The Kier molecular flexibility index (Phi) is 3.54. The molecule has 1 aromatic heterocycles. The standard InChI is InChI=1S/C13H11BrFNO/c1-8-4-9(6-11(15)5-8)13(17)12-3-2-10(14)7-16-12/h2-7,13,17H,1H3. The summed E-state index contributed by atoms with van der Waals surface area (Å²) in [5.74, 6) is -0.351. The molecule has 0 radical (unpaired) electrons. The van der Waals surface area contributed by atoms with Crippen LogP contribution in [-0.2, 0) is 0 Å². The van der Waals surface area contributed by atoms with Crippen molar-refractivity contribution in [2.24, 2.45) is 0 Å². The summed E-state index contributed by atoms with van der Waals surface area (Å²) < 4.78 is 14.1. The Labute approximate surface area is 107 Å². The number of rotatable bonds is 2. The van der Waals surface area contributed by atoms with E-state index in [9.17, 15) is 9.50 Å². The average Bonchev–Trinajstić information content (AvgIpc) is 2.28. The molecule has 0 bridgehead atoms. The van der Waals surface area contributed by atoms with Crippen LogP contribution in [0.4, 0.5) is 4.39 Å². The first kappa shape index (κ1) is 12.2. The van der Waals surface area contributed by atoms with Crippen LogP contribution < -0.4 is 0 Å². The number of aliphatic hydroxyl groups excluding tert-OH is 1. The van der Waals surface area contributed by atoms with Crippen molar-refractivity contribution in [2.75, 3.05) is 0 Å². The van der Waals surface area contributed by atoms with E-state index in [1.165, 1.54) is 12.1 Å². The third-order valence-corrected chi connectivity index (χ3v) is 2.88. The normalized spacial score (nSPS) is 12.5. The maximum atomic E-state index is 13.2. The van der Waals surface area contributed by atoms with Crippen LogP contribution in [0.3, 0.4) is 0 Å². The van der Waals surface area contributed by atoms with Gasteiger partial charge < -0.3 is 5.11 Å². The first-order valence-electron chi connectivity index (χ1n) is 5.13. The van der Waals surface area contributed by atoms with Crippen molar-refractivity contribution >= 4 is 15.9 Å². The molecule has 4 heteroatoms. The predicted octanol–water partition coefficient (Wildman–Crippen LogP) is 3.37. The minimum Gasteiger partial charge on any atom is -0.382 e. The van der Waals surface area contributed by atoms with Crippen LogP contribution in [-0.4, -0.2) is 10.1 Å². The summed E-state index contributed by atoms with van der Waals surface area (Å²) in [4.78, 5) is 4.09. The maximum Gasteiger partial charge on any atom is 0.123 e. The number of aryl methyl sites for hydroxylation is 1. The molecule has 2 rings (SSSR count). The van der Waals surface area contributed by atoms with Crippen molar-refractivity contribution in [3.05, 3.63) is 63.6 Å². The Balaban J connectivity index is 2.36. The fourth-order valence-corrected chi connectivity index (χ4v) is 1.88. The molecule has 17 heavy (non-hydrogen) atoms. The monoisotopic (exact) mass is 295 g/mol. The van der Waals surface area contributed by atoms with E-state index in [2.05, 4.69) is 20.9 Å². The SMILES string of the molecule is Cc1cc(F)cc(C(O)c2ccc(Br)cn2)c1. The fourth-order valence-electron chi connectivity index (χ4n) is 1.64. The van der Waals surface area contributed by atoms with Crippen LogP contribution in [0.2, 0.25) is 0 Å². The number of hydrogen-bond acceptors (Lipinski definition) is 2. The molecule has 0 amide bonds. The second kappa shape index (κ2) is 4.94. The highest BCUT2D eigenvalue weighted by Crippen LogP contribution is 2.23. The molecule has 0 saturated heterocycles. The molecule has 1 unspecified atom stereocenters. The van der Waals surface area contributed by atoms with Gasteiger partial charge in [0.25, 0.3) is 0 Å². The van der Waals surface area contributed by atoms with Gasteiger partial charge in [-0.05, 0) is 58.2 Å². The van der Waals surface area contributed by atoms with E-state index in [4.69, 9.17) is 0 Å². The molecule has 0 fully saturated rings. The molecular formula is C13H11BrFNO. The lowest BCUT2D eigenvalue weighted by Gasteiger charge is -2.11. The van der Waals surface area contributed by atoms with Gasteiger partial charge in [0.15, 0.2) is 0 Å². The first-order valence-corrected chi connectivity index (χ1v) is 5.92. The van der Waals surface area contributed by atoms with E-state index in [0.717, 1.165) is 10.0 Å². The molecule has 1 aromatic carbocycles. The summed E-state index contributed by atoms with van der Waals surface area (Å²) in [5.41, 5.74) is 1.78. The van der Waals surface area contributed by atoms with E-state index < -0.39 is 6.10 Å². The second-order valence-corrected chi connectivity index (χ2v) is 4.78. The summed E-state index contributed by atoms with van der Waals surface area (Å²) in [6, 6.07) is 7.98. The van der Waals surface area contributed by atoms with Crippen LogP contribution >= 0.6 is 15.9 Å². The smallest absolute Gasteiger partial charge is 0.123 e. The molecule has 0 saturated carbocycles. The topological polar surface area (TPSA) is 33.1 Å². The van der Waals surface area contributed by atoms with Crippen molar-refractivity contribution in [3.63, 3.8) is 0 Å². The molecule has 0 aliphatic heterocycles. The molecule has 2 aromatic rings. The lowest BCUT2D eigenvalue weighted by atomic mass is 10.0. The van der Waals surface area contributed by atoms with Gasteiger partial charge in [-0.2, -0.15) is 0 Å². The van der Waals surface area contributed by atoms with Gasteiger partial charge in [0.05, 0.1) is 5.69 Å². The van der Waals surface area contributed by atoms with Crippen molar-refractivity contribution in [3.8, 4) is 0 Å². The van der Waals surface area contributed by atoms with Gasteiger partial charge in [-0.15, -0.1) is 0 Å². The molecule has 2 nitrogen and oxygen atoms in total. The zero-order valence-electron chi connectivity index (χ0n) is 9.19. The van der Waals surface area contributed by atoms with E-state index in [1.54, 1.807) is 31.3 Å². The van der Waals surface area contributed by atoms with Gasteiger partial charge in [0.2, 0.25) is 0 Å². The Morgan fingerprint density at radius 1 is 1.29 bits per heavy atom. The zero-order chi connectivity index (χ0) is 12.4. The predicted molar refractivity (Wildman–Crippen MR) is 67.1 cm³/mol. The van der Waals surface area contributed by atoms with E-state index in [-0.39, 0.29) is 5.82 Å². The van der Waals surface area contributed by atoms with Gasteiger partial charge >= 0.3 is 0 Å². The third-order valence-electron chi connectivity index (χ3n) is 2.41. The van der Waals surface area contributed by atoms with Crippen LogP contribution in [0, 0.1) is 12.7 Å². The molecule has 0 spiro atoms. The average molecular weight is 296 g/mol. The molecular weight excluding hydrogens is 285 g/mol. The van der Waals surface area contributed by atoms with Crippen LogP contribution in [0.1, 0.15) is 22.9 Å². The molecule has 88 valence electrons. The zero-order valence-corrected chi connectivity index (χ0v) is 10.8. The molecule has 1 N–H and O–H groups in total. The number of halogens is 2.